The van der Waals surface area contributed by atoms with Crippen LogP contribution in [0.1, 0.15) is 25.0 Å². The van der Waals surface area contributed by atoms with E-state index in [2.05, 4.69) is 20.7 Å². The summed E-state index contributed by atoms with van der Waals surface area (Å²) in [7, 11) is 5.20. The van der Waals surface area contributed by atoms with E-state index in [1.54, 1.807) is 38.1 Å². The topological polar surface area (TPSA) is 104 Å². The highest BCUT2D eigenvalue weighted by atomic mass is 16.5. The molecule has 1 aromatic heterocycles. The van der Waals surface area contributed by atoms with Gasteiger partial charge in [0.25, 0.3) is 5.91 Å². The van der Waals surface area contributed by atoms with Crippen LogP contribution in [0.3, 0.4) is 0 Å². The number of amides is 1. The first-order valence-electron chi connectivity index (χ1n) is 9.87. The van der Waals surface area contributed by atoms with E-state index in [4.69, 9.17) is 4.74 Å². The molecule has 0 aliphatic rings. The van der Waals surface area contributed by atoms with E-state index in [1.165, 1.54) is 4.90 Å². The maximum atomic E-state index is 11.7. The molecule has 0 aliphatic carbocycles. The van der Waals surface area contributed by atoms with Gasteiger partial charge in [0, 0.05) is 39.4 Å². The molecule has 9 nitrogen and oxygen atoms in total. The van der Waals surface area contributed by atoms with Crippen molar-refractivity contribution in [2.45, 2.75) is 26.0 Å². The molecule has 9 heteroatoms. The predicted octanol–water partition coefficient (Wildman–Crippen LogP) is 0.850. The molecule has 0 saturated carbocycles. The average molecular weight is 417 g/mol. The van der Waals surface area contributed by atoms with Gasteiger partial charge in [0.05, 0.1) is 19.3 Å². The summed E-state index contributed by atoms with van der Waals surface area (Å²) in [6.45, 7) is 5.09. The monoisotopic (exact) mass is 416 g/mol. The first kappa shape index (κ1) is 23.2. The highest BCUT2D eigenvalue weighted by Crippen LogP contribution is 2.18. The van der Waals surface area contributed by atoms with Gasteiger partial charge in [0.2, 0.25) is 0 Å². The van der Waals surface area contributed by atoms with Crippen molar-refractivity contribution in [3.05, 3.63) is 47.8 Å². The molecule has 0 fully saturated rings. The first-order chi connectivity index (χ1) is 14.2. The second-order valence-electron chi connectivity index (χ2n) is 7.45. The lowest BCUT2D eigenvalue weighted by Crippen LogP contribution is -2.44. The van der Waals surface area contributed by atoms with Crippen molar-refractivity contribution in [3.63, 3.8) is 0 Å². The fourth-order valence-electron chi connectivity index (χ4n) is 2.58. The largest absolute Gasteiger partial charge is 0.484 e. The first-order valence-corrected chi connectivity index (χ1v) is 9.87. The third-order valence-electron chi connectivity index (χ3n) is 4.45. The Morgan fingerprint density at radius 3 is 2.77 bits per heavy atom. The number of ether oxygens (including phenoxy) is 1. The van der Waals surface area contributed by atoms with Crippen molar-refractivity contribution in [1.29, 1.82) is 0 Å². The number of guanidine groups is 1. The van der Waals surface area contributed by atoms with Crippen molar-refractivity contribution < 1.29 is 14.6 Å². The van der Waals surface area contributed by atoms with Crippen LogP contribution >= 0.6 is 0 Å². The number of aliphatic imine (C=N–C) groups is 1. The molecule has 2 aromatic rings. The van der Waals surface area contributed by atoms with E-state index in [9.17, 15) is 9.90 Å². The highest BCUT2D eigenvalue weighted by Gasteiger charge is 2.25. The molecule has 1 aromatic carbocycles. The number of rotatable bonds is 9. The minimum atomic E-state index is -1.09. The van der Waals surface area contributed by atoms with Gasteiger partial charge in [-0.15, -0.1) is 0 Å². The molecule has 1 atom stereocenters. The van der Waals surface area contributed by atoms with Crippen LogP contribution in [0.15, 0.2) is 41.7 Å². The minimum absolute atomic E-state index is 0.00660. The normalized spacial score (nSPS) is 13.5. The Morgan fingerprint density at radius 2 is 2.13 bits per heavy atom. The predicted molar refractivity (Wildman–Crippen MR) is 116 cm³/mol. The SMILES string of the molecule is CCNC(=NCc1cccc(OCC(=O)N(C)C)c1)NCC(C)(O)c1cnn(C)c1. The molecule has 164 valence electrons. The van der Waals surface area contributed by atoms with Crippen LogP contribution in [0, 0.1) is 0 Å². The van der Waals surface area contributed by atoms with Crippen molar-refractivity contribution in [1.82, 2.24) is 25.3 Å². The maximum Gasteiger partial charge on any atom is 0.259 e. The van der Waals surface area contributed by atoms with Crippen molar-refractivity contribution in [2.75, 3.05) is 33.8 Å². The van der Waals surface area contributed by atoms with Crippen LogP contribution in [-0.2, 0) is 24.0 Å². The number of benzene rings is 1. The Morgan fingerprint density at radius 1 is 1.37 bits per heavy atom. The maximum absolute atomic E-state index is 11.7. The van der Waals surface area contributed by atoms with E-state index in [1.807, 2.05) is 38.2 Å². The van der Waals surface area contributed by atoms with Crippen LogP contribution in [0.5, 0.6) is 5.75 Å². The fraction of sp³-hybridized carbons (Fsp3) is 0.476. The molecule has 0 spiro atoms. The number of aliphatic hydroxyl groups is 1. The molecule has 0 aliphatic heterocycles. The van der Waals surface area contributed by atoms with Crippen LogP contribution in [-0.4, -0.2) is 65.4 Å². The smallest absolute Gasteiger partial charge is 0.259 e. The van der Waals surface area contributed by atoms with E-state index >= 15 is 0 Å². The Labute approximate surface area is 177 Å². The zero-order valence-electron chi connectivity index (χ0n) is 18.3. The average Bonchev–Trinajstić information content (AvgIpc) is 3.16. The molecule has 1 amide bonds. The number of aromatic nitrogens is 2. The zero-order chi connectivity index (χ0) is 22.1. The van der Waals surface area contributed by atoms with Crippen molar-refractivity contribution >= 4 is 11.9 Å². The van der Waals surface area contributed by atoms with E-state index in [0.717, 1.165) is 11.1 Å². The summed E-state index contributed by atoms with van der Waals surface area (Å²) < 4.78 is 7.21. The van der Waals surface area contributed by atoms with E-state index < -0.39 is 5.60 Å². The second-order valence-corrected chi connectivity index (χ2v) is 7.45. The third kappa shape index (κ3) is 7.07. The lowest BCUT2D eigenvalue weighted by atomic mass is 10.00. The molecule has 0 saturated heterocycles. The summed E-state index contributed by atoms with van der Waals surface area (Å²) in [4.78, 5) is 17.8. The summed E-state index contributed by atoms with van der Waals surface area (Å²) in [5.74, 6) is 1.11. The van der Waals surface area contributed by atoms with Gasteiger partial charge >= 0.3 is 0 Å². The summed E-state index contributed by atoms with van der Waals surface area (Å²) in [5, 5.41) is 21.2. The van der Waals surface area contributed by atoms with Gasteiger partial charge in [-0.3, -0.25) is 9.48 Å². The van der Waals surface area contributed by atoms with E-state index in [0.29, 0.717) is 24.8 Å². The van der Waals surface area contributed by atoms with Crippen LogP contribution in [0.25, 0.3) is 0 Å². The number of hydrogen-bond acceptors (Lipinski definition) is 5. The van der Waals surface area contributed by atoms with Crippen LogP contribution < -0.4 is 15.4 Å². The molecular weight excluding hydrogens is 384 g/mol. The van der Waals surface area contributed by atoms with Crippen molar-refractivity contribution in [2.24, 2.45) is 12.0 Å². The number of carbonyl (C=O) groups is 1. The van der Waals surface area contributed by atoms with Crippen LogP contribution in [0.2, 0.25) is 0 Å². The standard InChI is InChI=1S/C21H32N6O3/c1-6-22-20(24-15-21(2,29)17-12-25-27(5)13-17)23-11-16-8-7-9-18(10-16)30-14-19(28)26(3)4/h7-10,12-13,29H,6,11,14-15H2,1-5H3,(H2,22,23,24). The van der Waals surface area contributed by atoms with Gasteiger partial charge in [-0.05, 0) is 31.5 Å². The Kier molecular flexibility index (Phi) is 8.23. The minimum Gasteiger partial charge on any atom is -0.484 e. The summed E-state index contributed by atoms with van der Waals surface area (Å²) in [6.07, 6.45) is 3.44. The summed E-state index contributed by atoms with van der Waals surface area (Å²) in [6, 6.07) is 7.49. The molecule has 0 bridgehead atoms. The zero-order valence-corrected chi connectivity index (χ0v) is 18.3. The molecule has 30 heavy (non-hydrogen) atoms. The highest BCUT2D eigenvalue weighted by molar-refractivity contribution is 5.79. The van der Waals surface area contributed by atoms with Crippen molar-refractivity contribution in [3.8, 4) is 5.75 Å². The molecule has 1 unspecified atom stereocenters. The lowest BCUT2D eigenvalue weighted by molar-refractivity contribution is -0.130. The van der Waals surface area contributed by atoms with Crippen LogP contribution in [0.4, 0.5) is 0 Å². The van der Waals surface area contributed by atoms with Gasteiger partial charge in [0.15, 0.2) is 12.6 Å². The second kappa shape index (κ2) is 10.6. The van der Waals surface area contributed by atoms with Gasteiger partial charge in [-0.25, -0.2) is 4.99 Å². The van der Waals surface area contributed by atoms with Gasteiger partial charge in [-0.2, -0.15) is 5.10 Å². The summed E-state index contributed by atoms with van der Waals surface area (Å²) in [5.41, 5.74) is 0.587. The Hall–Kier alpha value is -3.07. The van der Waals surface area contributed by atoms with Gasteiger partial charge in [-0.1, -0.05) is 12.1 Å². The van der Waals surface area contributed by atoms with Gasteiger partial charge < -0.3 is 25.4 Å². The molecule has 1 heterocycles. The number of nitrogens with zero attached hydrogens (tertiary/aromatic N) is 4. The lowest BCUT2D eigenvalue weighted by Gasteiger charge is -2.23. The molecule has 3 N–H and O–H groups in total. The Bertz CT molecular complexity index is 860. The number of aryl methyl sites for hydroxylation is 1. The molecule has 2 rings (SSSR count). The molecule has 0 radical (unpaired) electrons. The number of likely N-dealkylation sites (N-methyl/N-ethyl adjacent to an activating group) is 1. The van der Waals surface area contributed by atoms with Gasteiger partial charge in [0.1, 0.15) is 11.4 Å². The quantitative estimate of drug-likeness (QED) is 0.414. The fourth-order valence-corrected chi connectivity index (χ4v) is 2.58. The van der Waals surface area contributed by atoms with E-state index in [-0.39, 0.29) is 19.1 Å². The Balaban J connectivity index is 1.98. The summed E-state index contributed by atoms with van der Waals surface area (Å²) >= 11 is 0. The molecular formula is C21H32N6O3. The number of hydrogen-bond donors (Lipinski definition) is 3. The number of carbonyl (C=O) groups excluding carboxylic acids is 1. The number of nitrogens with one attached hydrogen (secondary N) is 2. The third-order valence-corrected chi connectivity index (χ3v) is 4.45.